The Labute approximate surface area is 105 Å². The molecule has 0 radical (unpaired) electrons. The van der Waals surface area contributed by atoms with Crippen molar-refractivity contribution in [1.82, 2.24) is 0 Å². The molecule has 2 unspecified atom stereocenters. The van der Waals surface area contributed by atoms with Crippen LogP contribution in [0.15, 0.2) is 22.7 Å². The quantitative estimate of drug-likeness (QED) is 0.890. The highest BCUT2D eigenvalue weighted by Crippen LogP contribution is 2.29. The lowest BCUT2D eigenvalue weighted by Gasteiger charge is -2.18. The predicted molar refractivity (Wildman–Crippen MR) is 69.3 cm³/mol. The van der Waals surface area contributed by atoms with E-state index in [0.717, 1.165) is 16.1 Å². The maximum Gasteiger partial charge on any atom is 0.100 e. The topological polar surface area (TPSA) is 35.8 Å². The van der Waals surface area contributed by atoms with E-state index in [-0.39, 0.29) is 0 Å². The molecule has 1 aromatic carbocycles. The number of nitrogens with one attached hydrogen (secondary N) is 1. The van der Waals surface area contributed by atoms with Crippen LogP contribution in [0.3, 0.4) is 0 Å². The van der Waals surface area contributed by atoms with Gasteiger partial charge in [0.1, 0.15) is 6.07 Å². The van der Waals surface area contributed by atoms with Gasteiger partial charge >= 0.3 is 0 Å². The maximum absolute atomic E-state index is 8.84. The molecule has 2 rings (SSSR count). The normalized spacial score (nSPS) is 24.1. The van der Waals surface area contributed by atoms with Crippen molar-refractivity contribution in [3.8, 4) is 6.07 Å². The zero-order valence-corrected chi connectivity index (χ0v) is 10.9. The SMILES string of the molecule is CC1CCCC1Nc1ccc(C#N)c(Br)c1. The fourth-order valence-corrected chi connectivity index (χ4v) is 2.74. The van der Waals surface area contributed by atoms with Crippen molar-refractivity contribution in [3.05, 3.63) is 28.2 Å². The average Bonchev–Trinajstić information content (AvgIpc) is 2.65. The minimum atomic E-state index is 0.583. The van der Waals surface area contributed by atoms with Crippen molar-refractivity contribution in [2.75, 3.05) is 5.32 Å². The molecule has 1 aromatic rings. The van der Waals surface area contributed by atoms with Gasteiger partial charge in [0.15, 0.2) is 0 Å². The average molecular weight is 279 g/mol. The summed E-state index contributed by atoms with van der Waals surface area (Å²) in [5.74, 6) is 0.745. The summed E-state index contributed by atoms with van der Waals surface area (Å²) >= 11 is 3.41. The molecular weight excluding hydrogens is 264 g/mol. The molecule has 0 aliphatic heterocycles. The Balaban J connectivity index is 2.11. The smallest absolute Gasteiger partial charge is 0.100 e. The van der Waals surface area contributed by atoms with Gasteiger partial charge in [-0.3, -0.25) is 0 Å². The fraction of sp³-hybridized carbons (Fsp3) is 0.462. The second kappa shape index (κ2) is 4.88. The van der Waals surface area contributed by atoms with Crippen LogP contribution in [0.4, 0.5) is 5.69 Å². The molecule has 0 aromatic heterocycles. The Morgan fingerprint density at radius 3 is 2.81 bits per heavy atom. The summed E-state index contributed by atoms with van der Waals surface area (Å²) in [7, 11) is 0. The van der Waals surface area contributed by atoms with E-state index in [1.54, 1.807) is 0 Å². The van der Waals surface area contributed by atoms with Crippen LogP contribution in [-0.4, -0.2) is 6.04 Å². The minimum Gasteiger partial charge on any atom is -0.382 e. The summed E-state index contributed by atoms with van der Waals surface area (Å²) in [5.41, 5.74) is 1.79. The monoisotopic (exact) mass is 278 g/mol. The second-order valence-electron chi connectivity index (χ2n) is 4.47. The highest BCUT2D eigenvalue weighted by molar-refractivity contribution is 9.10. The number of halogens is 1. The van der Waals surface area contributed by atoms with E-state index in [0.29, 0.717) is 11.6 Å². The number of rotatable bonds is 2. The summed E-state index contributed by atoms with van der Waals surface area (Å²) in [4.78, 5) is 0. The highest BCUT2D eigenvalue weighted by Gasteiger charge is 2.22. The molecule has 0 heterocycles. The van der Waals surface area contributed by atoms with Crippen molar-refractivity contribution < 1.29 is 0 Å². The molecule has 1 aliphatic carbocycles. The minimum absolute atomic E-state index is 0.583. The van der Waals surface area contributed by atoms with Crippen LogP contribution < -0.4 is 5.32 Å². The van der Waals surface area contributed by atoms with Gasteiger partial charge in [0.2, 0.25) is 0 Å². The van der Waals surface area contributed by atoms with Gasteiger partial charge in [-0.1, -0.05) is 13.3 Å². The second-order valence-corrected chi connectivity index (χ2v) is 5.32. The largest absolute Gasteiger partial charge is 0.382 e. The van der Waals surface area contributed by atoms with Gasteiger partial charge in [-0.2, -0.15) is 5.26 Å². The van der Waals surface area contributed by atoms with E-state index in [2.05, 4.69) is 34.2 Å². The van der Waals surface area contributed by atoms with Gasteiger partial charge in [-0.05, 0) is 52.9 Å². The van der Waals surface area contributed by atoms with Crippen molar-refractivity contribution in [3.63, 3.8) is 0 Å². The van der Waals surface area contributed by atoms with Gasteiger partial charge in [0, 0.05) is 16.2 Å². The van der Waals surface area contributed by atoms with Crippen molar-refractivity contribution >= 4 is 21.6 Å². The van der Waals surface area contributed by atoms with Gasteiger partial charge in [0.05, 0.1) is 5.56 Å². The summed E-state index contributed by atoms with van der Waals surface area (Å²) in [5, 5.41) is 12.4. The lowest BCUT2D eigenvalue weighted by atomic mass is 10.1. The molecule has 2 nitrogen and oxygen atoms in total. The standard InChI is InChI=1S/C13H15BrN2/c1-9-3-2-4-13(9)16-11-6-5-10(8-15)12(14)7-11/h5-7,9,13,16H,2-4H2,1H3. The van der Waals surface area contributed by atoms with E-state index in [1.165, 1.54) is 19.3 Å². The molecule has 3 heteroatoms. The number of hydrogen-bond acceptors (Lipinski definition) is 2. The fourth-order valence-electron chi connectivity index (χ4n) is 2.27. The predicted octanol–water partition coefficient (Wildman–Crippen LogP) is 3.92. The van der Waals surface area contributed by atoms with Gasteiger partial charge < -0.3 is 5.32 Å². The Hall–Kier alpha value is -1.01. The third-order valence-electron chi connectivity index (χ3n) is 3.30. The molecule has 1 saturated carbocycles. The van der Waals surface area contributed by atoms with Crippen molar-refractivity contribution in [1.29, 1.82) is 5.26 Å². The van der Waals surface area contributed by atoms with Crippen molar-refractivity contribution in [2.24, 2.45) is 5.92 Å². The van der Waals surface area contributed by atoms with Crippen LogP contribution in [0.5, 0.6) is 0 Å². The summed E-state index contributed by atoms with van der Waals surface area (Å²) in [6.07, 6.45) is 3.88. The number of anilines is 1. The van der Waals surface area contributed by atoms with Gasteiger partial charge in [-0.15, -0.1) is 0 Å². The first-order chi connectivity index (χ1) is 7.70. The molecule has 0 amide bonds. The van der Waals surface area contributed by atoms with Crippen LogP contribution >= 0.6 is 15.9 Å². The van der Waals surface area contributed by atoms with Crippen molar-refractivity contribution in [2.45, 2.75) is 32.2 Å². The van der Waals surface area contributed by atoms with E-state index in [4.69, 9.17) is 5.26 Å². The summed E-state index contributed by atoms with van der Waals surface area (Å²) in [6.45, 7) is 2.29. The lowest BCUT2D eigenvalue weighted by molar-refractivity contribution is 0.556. The van der Waals surface area contributed by atoms with Crippen LogP contribution in [-0.2, 0) is 0 Å². The third-order valence-corrected chi connectivity index (χ3v) is 3.96. The first kappa shape index (κ1) is 11.5. The number of nitrogens with zero attached hydrogens (tertiary/aromatic N) is 1. The molecule has 1 fully saturated rings. The zero-order chi connectivity index (χ0) is 11.5. The van der Waals surface area contributed by atoms with E-state index in [9.17, 15) is 0 Å². The summed E-state index contributed by atoms with van der Waals surface area (Å²) < 4.78 is 0.866. The summed E-state index contributed by atoms with van der Waals surface area (Å²) in [6, 6.07) is 8.56. The van der Waals surface area contributed by atoms with E-state index < -0.39 is 0 Å². The molecule has 1 aliphatic rings. The van der Waals surface area contributed by atoms with Gasteiger partial charge in [-0.25, -0.2) is 0 Å². The lowest BCUT2D eigenvalue weighted by Crippen LogP contribution is -2.21. The first-order valence-electron chi connectivity index (χ1n) is 5.67. The van der Waals surface area contributed by atoms with Gasteiger partial charge in [0.25, 0.3) is 0 Å². The highest BCUT2D eigenvalue weighted by atomic mass is 79.9. The Kier molecular flexibility index (Phi) is 3.50. The molecule has 0 bridgehead atoms. The third kappa shape index (κ3) is 2.38. The first-order valence-corrected chi connectivity index (χ1v) is 6.46. The molecule has 16 heavy (non-hydrogen) atoms. The van der Waals surface area contributed by atoms with Crippen LogP contribution in [0.25, 0.3) is 0 Å². The molecule has 0 saturated heterocycles. The molecule has 0 spiro atoms. The van der Waals surface area contributed by atoms with E-state index >= 15 is 0 Å². The zero-order valence-electron chi connectivity index (χ0n) is 9.33. The Bertz CT molecular complexity index is 422. The molecule has 84 valence electrons. The van der Waals surface area contributed by atoms with E-state index in [1.807, 2.05) is 18.2 Å². The molecule has 2 atom stereocenters. The molecule has 1 N–H and O–H groups in total. The van der Waals surface area contributed by atoms with Crippen LogP contribution in [0.2, 0.25) is 0 Å². The number of hydrogen-bond donors (Lipinski definition) is 1. The van der Waals surface area contributed by atoms with Crippen LogP contribution in [0.1, 0.15) is 31.7 Å². The van der Waals surface area contributed by atoms with Crippen LogP contribution in [0, 0.1) is 17.2 Å². The molecular formula is C13H15BrN2. The maximum atomic E-state index is 8.84. The number of nitriles is 1. The Morgan fingerprint density at radius 1 is 1.44 bits per heavy atom. The Morgan fingerprint density at radius 2 is 2.25 bits per heavy atom. The number of benzene rings is 1.